The molecule has 0 fully saturated rings. The van der Waals surface area contributed by atoms with E-state index in [0.717, 1.165) is 17.5 Å². The number of aryl methyl sites for hydroxylation is 1. The first kappa shape index (κ1) is 22.8. The zero-order valence-corrected chi connectivity index (χ0v) is 18.0. The molecule has 2 rings (SSSR count). The van der Waals surface area contributed by atoms with Crippen LogP contribution in [-0.4, -0.2) is 35.9 Å². The second-order valence-corrected chi connectivity index (χ2v) is 7.35. The van der Waals surface area contributed by atoms with E-state index < -0.39 is 6.04 Å². The van der Waals surface area contributed by atoms with Gasteiger partial charge in [0.1, 0.15) is 11.8 Å². The quantitative estimate of drug-likeness (QED) is 0.626. The first-order valence-corrected chi connectivity index (χ1v) is 10.3. The van der Waals surface area contributed by atoms with Gasteiger partial charge in [-0.2, -0.15) is 0 Å². The van der Waals surface area contributed by atoms with Crippen molar-refractivity contribution in [1.82, 2.24) is 10.2 Å². The Kier molecular flexibility index (Phi) is 9.00. The second-order valence-electron chi connectivity index (χ2n) is 6.92. The maximum atomic E-state index is 13.1. The number of hydrogen-bond acceptors (Lipinski definition) is 3. The van der Waals surface area contributed by atoms with Crippen molar-refractivity contribution in [2.24, 2.45) is 0 Å². The van der Waals surface area contributed by atoms with Gasteiger partial charge in [0.15, 0.2) is 6.61 Å². The molecular weight excluding hydrogens is 388 g/mol. The van der Waals surface area contributed by atoms with Crippen molar-refractivity contribution >= 4 is 23.4 Å². The lowest BCUT2D eigenvalue weighted by molar-refractivity contribution is -0.143. The van der Waals surface area contributed by atoms with Crippen molar-refractivity contribution in [3.05, 3.63) is 64.7 Å². The lowest BCUT2D eigenvalue weighted by Gasteiger charge is -2.30. The van der Waals surface area contributed by atoms with E-state index in [4.69, 9.17) is 16.3 Å². The predicted molar refractivity (Wildman–Crippen MR) is 116 cm³/mol. The fourth-order valence-corrected chi connectivity index (χ4v) is 3.14. The van der Waals surface area contributed by atoms with Gasteiger partial charge in [-0.15, -0.1) is 0 Å². The number of benzene rings is 2. The third-order valence-electron chi connectivity index (χ3n) is 4.65. The number of carbonyl (C=O) groups is 2. The smallest absolute Gasteiger partial charge is 0.261 e. The van der Waals surface area contributed by atoms with Crippen LogP contribution in [-0.2, 0) is 16.1 Å². The van der Waals surface area contributed by atoms with Crippen molar-refractivity contribution in [1.29, 1.82) is 0 Å². The van der Waals surface area contributed by atoms with Crippen LogP contribution in [0, 0.1) is 6.92 Å². The minimum absolute atomic E-state index is 0.129. The van der Waals surface area contributed by atoms with E-state index in [1.54, 1.807) is 17.0 Å². The van der Waals surface area contributed by atoms with Crippen molar-refractivity contribution < 1.29 is 14.3 Å². The third-order valence-corrected chi connectivity index (χ3v) is 4.90. The van der Waals surface area contributed by atoms with Crippen LogP contribution < -0.4 is 10.1 Å². The normalized spacial score (nSPS) is 11.6. The third kappa shape index (κ3) is 6.79. The highest BCUT2D eigenvalue weighted by Crippen LogP contribution is 2.18. The van der Waals surface area contributed by atoms with Gasteiger partial charge in [0, 0.05) is 18.1 Å². The largest absolute Gasteiger partial charge is 0.484 e. The minimum Gasteiger partial charge on any atom is -0.484 e. The molecule has 1 atom stereocenters. The fraction of sp³-hybridized carbons (Fsp3) is 0.391. The van der Waals surface area contributed by atoms with Gasteiger partial charge in [0.25, 0.3) is 5.91 Å². The highest BCUT2D eigenvalue weighted by atomic mass is 35.5. The lowest BCUT2D eigenvalue weighted by Crippen LogP contribution is -2.50. The van der Waals surface area contributed by atoms with Crippen LogP contribution in [0.5, 0.6) is 5.75 Å². The van der Waals surface area contributed by atoms with E-state index in [0.29, 0.717) is 30.3 Å². The summed E-state index contributed by atoms with van der Waals surface area (Å²) < 4.78 is 5.75. The predicted octanol–water partition coefficient (Wildman–Crippen LogP) is 4.36. The van der Waals surface area contributed by atoms with Gasteiger partial charge in [-0.3, -0.25) is 9.59 Å². The molecule has 1 N–H and O–H groups in total. The Balaban J connectivity index is 2.19. The molecule has 5 nitrogen and oxygen atoms in total. The molecule has 0 aromatic heterocycles. The SMILES string of the molecule is CCCNC(=O)[C@@H](CC)N(Cc1ccc(Cl)cc1)C(=O)COc1ccccc1C. The van der Waals surface area contributed by atoms with Gasteiger partial charge in [0.2, 0.25) is 5.91 Å². The first-order valence-electron chi connectivity index (χ1n) is 9.96. The second kappa shape index (κ2) is 11.5. The number of para-hydroxylation sites is 1. The standard InChI is InChI=1S/C23H29ClN2O3/c1-4-14-25-23(28)20(5-2)26(15-18-10-12-19(24)13-11-18)22(27)16-29-21-9-7-6-8-17(21)3/h6-13,20H,4-5,14-16H2,1-3H3,(H,25,28)/t20-/m1/s1. The highest BCUT2D eigenvalue weighted by Gasteiger charge is 2.28. The van der Waals surface area contributed by atoms with Crippen LogP contribution in [0.2, 0.25) is 5.02 Å². The molecule has 2 aromatic carbocycles. The minimum atomic E-state index is -0.565. The number of hydrogen-bond donors (Lipinski definition) is 1. The van der Waals surface area contributed by atoms with E-state index in [1.165, 1.54) is 0 Å². The summed E-state index contributed by atoms with van der Waals surface area (Å²) in [6.07, 6.45) is 1.35. The summed E-state index contributed by atoms with van der Waals surface area (Å²) in [5.41, 5.74) is 1.86. The zero-order valence-electron chi connectivity index (χ0n) is 17.3. The van der Waals surface area contributed by atoms with Crippen LogP contribution >= 0.6 is 11.6 Å². The molecule has 0 unspecified atom stereocenters. The number of halogens is 1. The number of nitrogens with zero attached hydrogens (tertiary/aromatic N) is 1. The molecule has 0 aliphatic rings. The monoisotopic (exact) mass is 416 g/mol. The summed E-state index contributed by atoms with van der Waals surface area (Å²) in [5.74, 6) is 0.282. The van der Waals surface area contributed by atoms with Crippen molar-refractivity contribution in [3.8, 4) is 5.75 Å². The van der Waals surface area contributed by atoms with E-state index in [9.17, 15) is 9.59 Å². The molecular formula is C23H29ClN2O3. The van der Waals surface area contributed by atoms with E-state index in [-0.39, 0.29) is 18.4 Å². The average Bonchev–Trinajstić information content (AvgIpc) is 2.72. The van der Waals surface area contributed by atoms with E-state index >= 15 is 0 Å². The Labute approximate surface area is 178 Å². The number of carbonyl (C=O) groups excluding carboxylic acids is 2. The molecule has 0 spiro atoms. The molecule has 0 saturated carbocycles. The summed E-state index contributed by atoms with van der Waals surface area (Å²) >= 11 is 5.98. The van der Waals surface area contributed by atoms with Gasteiger partial charge in [-0.1, -0.05) is 55.8 Å². The molecule has 0 aliphatic heterocycles. The molecule has 0 heterocycles. The molecule has 0 bridgehead atoms. The molecule has 2 amide bonds. The van der Waals surface area contributed by atoms with Gasteiger partial charge in [0.05, 0.1) is 0 Å². The Morgan fingerprint density at radius 2 is 1.79 bits per heavy atom. The summed E-state index contributed by atoms with van der Waals surface area (Å²) in [5, 5.41) is 3.53. The number of amides is 2. The topological polar surface area (TPSA) is 58.6 Å². The number of nitrogens with one attached hydrogen (secondary N) is 1. The molecule has 0 radical (unpaired) electrons. The van der Waals surface area contributed by atoms with E-state index in [2.05, 4.69) is 5.32 Å². The lowest BCUT2D eigenvalue weighted by atomic mass is 10.1. The Bertz CT molecular complexity index is 808. The molecule has 29 heavy (non-hydrogen) atoms. The van der Waals surface area contributed by atoms with E-state index in [1.807, 2.05) is 57.2 Å². The zero-order chi connectivity index (χ0) is 21.2. The van der Waals surface area contributed by atoms with Gasteiger partial charge < -0.3 is 15.0 Å². The molecule has 6 heteroatoms. The molecule has 156 valence electrons. The van der Waals surface area contributed by atoms with Crippen molar-refractivity contribution in [2.75, 3.05) is 13.2 Å². The molecule has 2 aromatic rings. The van der Waals surface area contributed by atoms with Crippen LogP contribution in [0.1, 0.15) is 37.8 Å². The van der Waals surface area contributed by atoms with Crippen molar-refractivity contribution in [3.63, 3.8) is 0 Å². The molecule has 0 aliphatic carbocycles. The summed E-state index contributed by atoms with van der Waals surface area (Å²) in [6, 6.07) is 14.3. The van der Waals surface area contributed by atoms with Crippen LogP contribution in [0.4, 0.5) is 0 Å². The summed E-state index contributed by atoms with van der Waals surface area (Å²) in [6.45, 7) is 6.59. The first-order chi connectivity index (χ1) is 14.0. The Hall–Kier alpha value is -2.53. The Morgan fingerprint density at radius 1 is 1.10 bits per heavy atom. The van der Waals surface area contributed by atoms with Gasteiger partial charge in [-0.25, -0.2) is 0 Å². The van der Waals surface area contributed by atoms with Crippen LogP contribution in [0.15, 0.2) is 48.5 Å². The molecule has 0 saturated heterocycles. The maximum absolute atomic E-state index is 13.1. The van der Waals surface area contributed by atoms with Gasteiger partial charge >= 0.3 is 0 Å². The van der Waals surface area contributed by atoms with Crippen molar-refractivity contribution in [2.45, 2.75) is 46.2 Å². The maximum Gasteiger partial charge on any atom is 0.261 e. The average molecular weight is 417 g/mol. The summed E-state index contributed by atoms with van der Waals surface area (Å²) in [4.78, 5) is 27.3. The van der Waals surface area contributed by atoms with Crippen LogP contribution in [0.25, 0.3) is 0 Å². The van der Waals surface area contributed by atoms with Gasteiger partial charge in [-0.05, 0) is 49.1 Å². The van der Waals surface area contributed by atoms with Crippen LogP contribution in [0.3, 0.4) is 0 Å². The number of ether oxygens (including phenoxy) is 1. The number of rotatable bonds is 10. The Morgan fingerprint density at radius 3 is 2.41 bits per heavy atom. The highest BCUT2D eigenvalue weighted by molar-refractivity contribution is 6.30. The fourth-order valence-electron chi connectivity index (χ4n) is 3.01. The summed E-state index contributed by atoms with van der Waals surface area (Å²) in [7, 11) is 0.